The average Bonchev–Trinajstić information content (AvgIpc) is 2.29. The lowest BCUT2D eigenvalue weighted by Gasteiger charge is -2.08. The van der Waals surface area contributed by atoms with Gasteiger partial charge in [-0.1, -0.05) is 12.1 Å². The van der Waals surface area contributed by atoms with Gasteiger partial charge in [-0.2, -0.15) is 0 Å². The summed E-state index contributed by atoms with van der Waals surface area (Å²) in [5.74, 6) is -0.0476. The number of hydrogen-bond donors (Lipinski definition) is 2. The summed E-state index contributed by atoms with van der Waals surface area (Å²) >= 11 is 0. The van der Waals surface area contributed by atoms with Gasteiger partial charge in [-0.15, -0.1) is 0 Å². The maximum Gasteiger partial charge on any atom is 0.234 e. The highest BCUT2D eigenvalue weighted by atomic mass is 32.2. The fourth-order valence-corrected chi connectivity index (χ4v) is 2.31. The summed E-state index contributed by atoms with van der Waals surface area (Å²) in [5.41, 5.74) is 7.08. The van der Waals surface area contributed by atoms with E-state index in [0.717, 1.165) is 12.0 Å². The highest BCUT2D eigenvalue weighted by Crippen LogP contribution is 2.11. The van der Waals surface area contributed by atoms with E-state index in [2.05, 4.69) is 4.72 Å². The van der Waals surface area contributed by atoms with Gasteiger partial charge in [0.05, 0.1) is 12.4 Å². The Balaban J connectivity index is 2.62. The van der Waals surface area contributed by atoms with Gasteiger partial charge in [-0.25, -0.2) is 8.42 Å². The summed E-state index contributed by atoms with van der Waals surface area (Å²) in [5, 5.41) is 0. The van der Waals surface area contributed by atoms with E-state index in [-0.39, 0.29) is 12.4 Å². The smallest absolute Gasteiger partial charge is 0.234 e. The topological polar surface area (TPSA) is 81.4 Å². The summed E-state index contributed by atoms with van der Waals surface area (Å²) < 4.78 is 30.3. The van der Waals surface area contributed by atoms with Crippen molar-refractivity contribution < 1.29 is 13.2 Å². The van der Waals surface area contributed by atoms with Crippen LogP contribution in [0.4, 0.5) is 5.69 Å². The van der Waals surface area contributed by atoms with Crippen molar-refractivity contribution in [3.8, 4) is 0 Å². The zero-order valence-corrected chi connectivity index (χ0v) is 10.7. The molecule has 1 rings (SSSR count). The molecule has 1 aromatic rings. The Bertz CT molecular complexity index is 429. The van der Waals surface area contributed by atoms with Crippen LogP contribution >= 0.6 is 0 Å². The number of benzene rings is 1. The number of hydrogen-bond acceptors (Lipinski definition) is 4. The third-order valence-corrected chi connectivity index (χ3v) is 3.47. The number of anilines is 1. The molecule has 17 heavy (non-hydrogen) atoms. The molecule has 0 aliphatic heterocycles. The molecule has 0 radical (unpaired) electrons. The molecule has 0 heterocycles. The molecule has 0 fully saturated rings. The van der Waals surface area contributed by atoms with Crippen LogP contribution in [0.5, 0.6) is 0 Å². The summed E-state index contributed by atoms with van der Waals surface area (Å²) in [6, 6.07) is 7.19. The van der Waals surface area contributed by atoms with E-state index in [1.807, 2.05) is 12.1 Å². The Morgan fingerprint density at radius 2 is 1.94 bits per heavy atom. The molecule has 1 aromatic carbocycles. The van der Waals surface area contributed by atoms with Crippen LogP contribution in [0.15, 0.2) is 24.3 Å². The molecule has 0 spiro atoms. The molecule has 0 bridgehead atoms. The standard InChI is InChI=1S/C11H18N2O3S/c1-16-8-9-17(14,15)13-11-4-2-10(3-5-11)6-7-12/h2-5,13H,6-9,12H2,1H3. The minimum atomic E-state index is -3.32. The van der Waals surface area contributed by atoms with E-state index in [4.69, 9.17) is 10.5 Å². The van der Waals surface area contributed by atoms with Crippen LogP contribution in [0.3, 0.4) is 0 Å². The van der Waals surface area contributed by atoms with Gasteiger partial charge in [0, 0.05) is 12.8 Å². The van der Waals surface area contributed by atoms with Crippen molar-refractivity contribution in [3.05, 3.63) is 29.8 Å². The van der Waals surface area contributed by atoms with E-state index < -0.39 is 10.0 Å². The van der Waals surface area contributed by atoms with Gasteiger partial charge >= 0.3 is 0 Å². The normalized spacial score (nSPS) is 11.4. The van der Waals surface area contributed by atoms with Crippen LogP contribution in [-0.4, -0.2) is 34.4 Å². The fraction of sp³-hybridized carbons (Fsp3) is 0.455. The highest BCUT2D eigenvalue weighted by Gasteiger charge is 2.09. The zero-order chi connectivity index (χ0) is 12.7. The lowest BCUT2D eigenvalue weighted by Crippen LogP contribution is -2.19. The Morgan fingerprint density at radius 1 is 1.29 bits per heavy atom. The second-order valence-corrected chi connectivity index (χ2v) is 5.49. The first-order valence-corrected chi connectivity index (χ1v) is 7.01. The molecule has 0 saturated carbocycles. The van der Waals surface area contributed by atoms with Crippen molar-refractivity contribution in [1.82, 2.24) is 0 Å². The van der Waals surface area contributed by atoms with Crippen LogP contribution in [-0.2, 0) is 21.2 Å². The maximum atomic E-state index is 11.6. The van der Waals surface area contributed by atoms with Crippen molar-refractivity contribution in [2.75, 3.05) is 30.7 Å². The van der Waals surface area contributed by atoms with E-state index >= 15 is 0 Å². The van der Waals surface area contributed by atoms with E-state index in [1.54, 1.807) is 12.1 Å². The zero-order valence-electron chi connectivity index (χ0n) is 9.85. The van der Waals surface area contributed by atoms with Crippen molar-refractivity contribution in [3.63, 3.8) is 0 Å². The van der Waals surface area contributed by atoms with Gasteiger partial charge in [0.2, 0.25) is 10.0 Å². The fourth-order valence-electron chi connectivity index (χ4n) is 1.33. The third-order valence-electron chi connectivity index (χ3n) is 2.22. The quantitative estimate of drug-likeness (QED) is 0.749. The monoisotopic (exact) mass is 258 g/mol. The van der Waals surface area contributed by atoms with Crippen molar-refractivity contribution >= 4 is 15.7 Å². The predicted molar refractivity (Wildman–Crippen MR) is 68.5 cm³/mol. The first-order chi connectivity index (χ1) is 8.07. The van der Waals surface area contributed by atoms with Gasteiger partial charge < -0.3 is 10.5 Å². The van der Waals surface area contributed by atoms with Crippen LogP contribution < -0.4 is 10.5 Å². The molecular weight excluding hydrogens is 240 g/mol. The molecular formula is C11H18N2O3S. The summed E-state index contributed by atoms with van der Waals surface area (Å²) in [4.78, 5) is 0. The number of methoxy groups -OCH3 is 1. The maximum absolute atomic E-state index is 11.6. The van der Waals surface area contributed by atoms with Crippen molar-refractivity contribution in [2.24, 2.45) is 5.73 Å². The molecule has 96 valence electrons. The van der Waals surface area contributed by atoms with Gasteiger partial charge in [0.15, 0.2) is 0 Å². The van der Waals surface area contributed by atoms with E-state index in [9.17, 15) is 8.42 Å². The van der Waals surface area contributed by atoms with Crippen molar-refractivity contribution in [2.45, 2.75) is 6.42 Å². The predicted octanol–water partition coefficient (Wildman–Crippen LogP) is 0.576. The van der Waals surface area contributed by atoms with E-state index in [0.29, 0.717) is 12.2 Å². The Labute approximate surface area is 102 Å². The lowest BCUT2D eigenvalue weighted by atomic mass is 10.1. The van der Waals surface area contributed by atoms with Crippen molar-refractivity contribution in [1.29, 1.82) is 0 Å². The first kappa shape index (κ1) is 14.0. The molecule has 0 unspecified atom stereocenters. The van der Waals surface area contributed by atoms with Gasteiger partial charge in [-0.3, -0.25) is 4.72 Å². The largest absolute Gasteiger partial charge is 0.384 e. The summed E-state index contributed by atoms with van der Waals surface area (Å²) in [7, 11) is -1.85. The minimum absolute atomic E-state index is 0.0476. The average molecular weight is 258 g/mol. The molecule has 0 aliphatic carbocycles. The second kappa shape index (κ2) is 6.58. The van der Waals surface area contributed by atoms with E-state index in [1.165, 1.54) is 7.11 Å². The van der Waals surface area contributed by atoms with Crippen LogP contribution in [0.1, 0.15) is 5.56 Å². The summed E-state index contributed by atoms with van der Waals surface area (Å²) in [6.07, 6.45) is 0.788. The molecule has 0 aliphatic rings. The molecule has 0 saturated heterocycles. The van der Waals surface area contributed by atoms with Gasteiger partial charge in [0.1, 0.15) is 0 Å². The Kier molecular flexibility index (Phi) is 5.40. The molecule has 6 heteroatoms. The SMILES string of the molecule is COCCS(=O)(=O)Nc1ccc(CCN)cc1. The first-order valence-electron chi connectivity index (χ1n) is 5.36. The number of sulfonamides is 1. The lowest BCUT2D eigenvalue weighted by molar-refractivity contribution is 0.217. The van der Waals surface area contributed by atoms with Crippen LogP contribution in [0.25, 0.3) is 0 Å². The highest BCUT2D eigenvalue weighted by molar-refractivity contribution is 7.92. The second-order valence-electron chi connectivity index (χ2n) is 3.65. The van der Waals surface area contributed by atoms with Gasteiger partial charge in [-0.05, 0) is 30.7 Å². The Hall–Kier alpha value is -1.11. The number of rotatable bonds is 7. The molecule has 5 nitrogen and oxygen atoms in total. The number of ether oxygens (including phenoxy) is 1. The summed E-state index contributed by atoms with van der Waals surface area (Å²) in [6.45, 7) is 0.763. The van der Waals surface area contributed by atoms with Gasteiger partial charge in [0.25, 0.3) is 0 Å². The molecule has 0 atom stereocenters. The van der Waals surface area contributed by atoms with Crippen LogP contribution in [0, 0.1) is 0 Å². The minimum Gasteiger partial charge on any atom is -0.384 e. The molecule has 0 aromatic heterocycles. The molecule has 0 amide bonds. The third kappa shape index (κ3) is 5.16. The molecule has 3 N–H and O–H groups in total. The number of nitrogens with one attached hydrogen (secondary N) is 1. The number of nitrogens with two attached hydrogens (primary N) is 1. The Morgan fingerprint density at radius 3 is 2.47 bits per heavy atom. The van der Waals surface area contributed by atoms with Crippen LogP contribution in [0.2, 0.25) is 0 Å².